The first-order chi connectivity index (χ1) is 13.6. The van der Waals surface area contributed by atoms with Gasteiger partial charge in [-0.15, -0.1) is 0 Å². The number of carbonyl (C=O) groups is 1. The Morgan fingerprint density at radius 2 is 1.57 bits per heavy atom. The van der Waals surface area contributed by atoms with Crippen molar-refractivity contribution >= 4 is 40.1 Å². The molecule has 4 nitrogen and oxygen atoms in total. The van der Waals surface area contributed by atoms with Crippen LogP contribution in [0.3, 0.4) is 0 Å². The Balaban J connectivity index is 1.93. The van der Waals surface area contributed by atoms with E-state index in [0.29, 0.717) is 21.6 Å². The highest BCUT2D eigenvalue weighted by Crippen LogP contribution is 2.22. The first-order valence-electron chi connectivity index (χ1n) is 8.68. The number of nitrogens with one attached hydrogen (secondary N) is 1. The summed E-state index contributed by atoms with van der Waals surface area (Å²) in [6.45, 7) is 0. The number of carbonyl (C=O) groups excluding carboxylic acids is 1. The number of para-hydroxylation sites is 2. The fraction of sp³-hybridized carbons (Fsp3) is 0. The van der Waals surface area contributed by atoms with Crippen LogP contribution in [0.2, 0.25) is 5.02 Å². The smallest absolute Gasteiger partial charge is 0.275 e. The van der Waals surface area contributed by atoms with E-state index in [1.54, 1.807) is 66.7 Å². The summed E-state index contributed by atoms with van der Waals surface area (Å²) in [5.41, 5.74) is 2.36. The molecule has 0 radical (unpaired) electrons. The minimum Gasteiger partial charge on any atom is -0.319 e. The zero-order chi connectivity index (χ0) is 19.5. The van der Waals surface area contributed by atoms with Gasteiger partial charge in [0.25, 0.3) is 5.56 Å². The summed E-state index contributed by atoms with van der Waals surface area (Å²) in [6, 6.07) is 23.1. The lowest BCUT2D eigenvalue weighted by molar-refractivity contribution is 0.105. The van der Waals surface area contributed by atoms with Crippen molar-refractivity contribution in [3.63, 3.8) is 0 Å². The lowest BCUT2D eigenvalue weighted by Gasteiger charge is -2.08. The van der Waals surface area contributed by atoms with E-state index < -0.39 is 5.56 Å². The molecular weight excluding hydrogens is 372 g/mol. The van der Waals surface area contributed by atoms with Crippen LogP contribution in [0.1, 0.15) is 21.6 Å². The molecule has 136 valence electrons. The zero-order valence-corrected chi connectivity index (χ0v) is 15.5. The maximum Gasteiger partial charge on any atom is 0.275 e. The lowest BCUT2D eigenvalue weighted by atomic mass is 9.98. The van der Waals surface area contributed by atoms with E-state index in [4.69, 9.17) is 11.6 Å². The van der Waals surface area contributed by atoms with Gasteiger partial charge < -0.3 is 4.98 Å². The summed E-state index contributed by atoms with van der Waals surface area (Å²) >= 11 is 5.96. The van der Waals surface area contributed by atoms with Crippen LogP contribution in [0.25, 0.3) is 22.7 Å². The molecule has 0 saturated heterocycles. The molecule has 0 saturated carbocycles. The largest absolute Gasteiger partial charge is 0.319 e. The Labute approximate surface area is 166 Å². The Bertz CT molecular complexity index is 1240. The molecule has 0 bridgehead atoms. The molecule has 4 rings (SSSR count). The zero-order valence-electron chi connectivity index (χ0n) is 14.7. The van der Waals surface area contributed by atoms with Crippen LogP contribution in [0.15, 0.2) is 83.7 Å². The van der Waals surface area contributed by atoms with Crippen molar-refractivity contribution in [3.05, 3.63) is 111 Å². The number of rotatable bonds is 4. The summed E-state index contributed by atoms with van der Waals surface area (Å²) < 4.78 is 0. The summed E-state index contributed by atoms with van der Waals surface area (Å²) in [5.74, 6) is -0.274. The van der Waals surface area contributed by atoms with Gasteiger partial charge in [0, 0.05) is 10.6 Å². The van der Waals surface area contributed by atoms with Gasteiger partial charge in [0.2, 0.25) is 0 Å². The standard InChI is InChI=1S/C23H15ClN2O2/c24-17-12-10-15(11-13-17)14-18(22(27)16-6-2-1-3-7-16)21-23(28)26-20-9-5-4-8-19(20)25-21/h1-14H,(H,26,28)/b18-14+. The average molecular weight is 387 g/mol. The Morgan fingerprint density at radius 1 is 0.893 bits per heavy atom. The number of benzene rings is 3. The molecule has 0 spiro atoms. The van der Waals surface area contributed by atoms with Gasteiger partial charge in [0.1, 0.15) is 5.69 Å². The third kappa shape index (κ3) is 3.63. The predicted octanol–water partition coefficient (Wildman–Crippen LogP) is 5.00. The van der Waals surface area contributed by atoms with E-state index in [2.05, 4.69) is 9.97 Å². The number of fused-ring (bicyclic) bond motifs is 1. The Hall–Kier alpha value is -3.50. The molecule has 0 unspecified atom stereocenters. The number of halogens is 1. The van der Waals surface area contributed by atoms with E-state index in [1.165, 1.54) is 0 Å². The summed E-state index contributed by atoms with van der Waals surface area (Å²) in [5, 5.41) is 0.592. The number of Topliss-reactive ketones (excluding diaryl/α,β-unsaturated/α-hetero) is 1. The number of H-pyrrole nitrogens is 1. The molecule has 1 N–H and O–H groups in total. The molecule has 4 aromatic rings. The maximum atomic E-state index is 13.2. The van der Waals surface area contributed by atoms with Crippen molar-refractivity contribution in [1.29, 1.82) is 0 Å². The van der Waals surface area contributed by atoms with E-state index in [9.17, 15) is 9.59 Å². The van der Waals surface area contributed by atoms with Gasteiger partial charge in [0.15, 0.2) is 5.78 Å². The van der Waals surface area contributed by atoms with E-state index >= 15 is 0 Å². The number of ketones is 1. The number of aromatic amines is 1. The van der Waals surface area contributed by atoms with Gasteiger partial charge in [-0.05, 0) is 35.9 Å². The summed E-state index contributed by atoms with van der Waals surface area (Å²) in [7, 11) is 0. The number of nitrogens with zero attached hydrogens (tertiary/aromatic N) is 1. The molecule has 0 aliphatic carbocycles. The van der Waals surface area contributed by atoms with Crippen LogP contribution in [-0.4, -0.2) is 15.8 Å². The average Bonchev–Trinajstić information content (AvgIpc) is 2.73. The highest BCUT2D eigenvalue weighted by Gasteiger charge is 2.19. The minimum atomic E-state index is -0.414. The molecule has 0 aliphatic heterocycles. The summed E-state index contributed by atoms with van der Waals surface area (Å²) in [6.07, 6.45) is 1.66. The third-order valence-electron chi connectivity index (χ3n) is 4.32. The van der Waals surface area contributed by atoms with E-state index in [-0.39, 0.29) is 17.1 Å². The van der Waals surface area contributed by atoms with Crippen LogP contribution in [0.4, 0.5) is 0 Å². The van der Waals surface area contributed by atoms with Gasteiger partial charge in [-0.2, -0.15) is 0 Å². The second kappa shape index (κ2) is 7.62. The molecule has 1 aromatic heterocycles. The topological polar surface area (TPSA) is 62.8 Å². The predicted molar refractivity (Wildman–Crippen MR) is 112 cm³/mol. The quantitative estimate of drug-likeness (QED) is 0.396. The first kappa shape index (κ1) is 17.9. The molecule has 0 aliphatic rings. The van der Waals surface area contributed by atoms with Crippen molar-refractivity contribution in [2.75, 3.05) is 0 Å². The number of allylic oxidation sites excluding steroid dienone is 1. The fourth-order valence-corrected chi connectivity index (χ4v) is 3.05. The Kier molecular flexibility index (Phi) is 4.87. The van der Waals surface area contributed by atoms with Crippen LogP contribution < -0.4 is 5.56 Å². The number of aromatic nitrogens is 2. The highest BCUT2D eigenvalue weighted by molar-refractivity contribution is 6.32. The minimum absolute atomic E-state index is 0.0857. The van der Waals surface area contributed by atoms with Crippen molar-refractivity contribution in [2.45, 2.75) is 0 Å². The molecule has 0 atom stereocenters. The van der Waals surface area contributed by atoms with Crippen molar-refractivity contribution < 1.29 is 4.79 Å². The second-order valence-corrected chi connectivity index (χ2v) is 6.67. The molecule has 1 heterocycles. The maximum absolute atomic E-state index is 13.2. The lowest BCUT2D eigenvalue weighted by Crippen LogP contribution is -2.18. The second-order valence-electron chi connectivity index (χ2n) is 6.24. The normalized spacial score (nSPS) is 11.5. The van der Waals surface area contributed by atoms with Crippen LogP contribution >= 0.6 is 11.6 Å². The van der Waals surface area contributed by atoms with Crippen LogP contribution in [0.5, 0.6) is 0 Å². The molecular formula is C23H15ClN2O2. The molecule has 0 amide bonds. The third-order valence-corrected chi connectivity index (χ3v) is 4.57. The van der Waals surface area contributed by atoms with E-state index in [0.717, 1.165) is 5.56 Å². The van der Waals surface area contributed by atoms with E-state index in [1.807, 2.05) is 18.2 Å². The highest BCUT2D eigenvalue weighted by atomic mass is 35.5. The monoisotopic (exact) mass is 386 g/mol. The number of hydrogen-bond acceptors (Lipinski definition) is 3. The van der Waals surface area contributed by atoms with Crippen molar-refractivity contribution in [3.8, 4) is 0 Å². The molecule has 28 heavy (non-hydrogen) atoms. The van der Waals surface area contributed by atoms with Gasteiger partial charge in [-0.1, -0.05) is 66.2 Å². The SMILES string of the molecule is O=C(/C(=C/c1ccc(Cl)cc1)c1nc2ccccc2[nH]c1=O)c1ccccc1. The van der Waals surface area contributed by atoms with Crippen LogP contribution in [0, 0.1) is 0 Å². The van der Waals surface area contributed by atoms with Gasteiger partial charge in [-0.3, -0.25) is 9.59 Å². The first-order valence-corrected chi connectivity index (χ1v) is 9.06. The van der Waals surface area contributed by atoms with Crippen LogP contribution in [-0.2, 0) is 0 Å². The van der Waals surface area contributed by atoms with Crippen molar-refractivity contribution in [1.82, 2.24) is 9.97 Å². The van der Waals surface area contributed by atoms with Crippen molar-refractivity contribution in [2.24, 2.45) is 0 Å². The van der Waals surface area contributed by atoms with Gasteiger partial charge in [-0.25, -0.2) is 4.98 Å². The molecule has 0 fully saturated rings. The van der Waals surface area contributed by atoms with Gasteiger partial charge >= 0.3 is 0 Å². The van der Waals surface area contributed by atoms with Gasteiger partial charge in [0.05, 0.1) is 16.6 Å². The Morgan fingerprint density at radius 3 is 2.32 bits per heavy atom. The molecule has 5 heteroatoms. The molecule has 3 aromatic carbocycles. The number of hydrogen-bond donors (Lipinski definition) is 1. The fourth-order valence-electron chi connectivity index (χ4n) is 2.92. The summed E-state index contributed by atoms with van der Waals surface area (Å²) in [4.78, 5) is 33.2.